The number of aliphatic hydroxyl groups excluding tert-OH is 1. The van der Waals surface area contributed by atoms with E-state index in [0.717, 1.165) is 5.56 Å². The molecule has 3 rings (SSSR count). The quantitative estimate of drug-likeness (QED) is 0.850. The molecule has 0 spiro atoms. The average molecular weight is 285 g/mol. The van der Waals surface area contributed by atoms with Crippen molar-refractivity contribution in [2.45, 2.75) is 25.0 Å². The van der Waals surface area contributed by atoms with E-state index in [9.17, 15) is 9.50 Å². The van der Waals surface area contributed by atoms with E-state index in [0.29, 0.717) is 18.5 Å². The van der Waals surface area contributed by atoms with E-state index in [2.05, 4.69) is 17.4 Å². The van der Waals surface area contributed by atoms with Crippen LogP contribution < -0.4 is 5.32 Å². The van der Waals surface area contributed by atoms with Gasteiger partial charge in [0.15, 0.2) is 0 Å². The Hall–Kier alpha value is -1.71. The second-order valence-electron chi connectivity index (χ2n) is 5.70. The summed E-state index contributed by atoms with van der Waals surface area (Å²) >= 11 is 0. The van der Waals surface area contributed by atoms with Crippen molar-refractivity contribution in [3.05, 3.63) is 71.5 Å². The monoisotopic (exact) mass is 285 g/mol. The molecule has 3 heteroatoms. The first-order valence-electron chi connectivity index (χ1n) is 7.46. The normalized spacial score (nSPS) is 17.4. The maximum absolute atomic E-state index is 12.9. The average Bonchev–Trinajstić information content (AvgIpc) is 3.34. The maximum Gasteiger partial charge on any atom is 0.123 e. The van der Waals surface area contributed by atoms with Crippen LogP contribution in [0.3, 0.4) is 0 Å². The van der Waals surface area contributed by atoms with Gasteiger partial charge in [0.2, 0.25) is 0 Å². The third kappa shape index (κ3) is 3.69. The van der Waals surface area contributed by atoms with Gasteiger partial charge in [0.05, 0.1) is 6.10 Å². The van der Waals surface area contributed by atoms with Crippen LogP contribution in [-0.2, 0) is 0 Å². The van der Waals surface area contributed by atoms with Crippen molar-refractivity contribution in [2.24, 2.45) is 5.92 Å². The van der Waals surface area contributed by atoms with Gasteiger partial charge in [-0.2, -0.15) is 0 Å². The lowest BCUT2D eigenvalue weighted by Crippen LogP contribution is -2.27. The Balaban J connectivity index is 1.63. The standard InChI is InChI=1S/C18H20FNO/c19-16-10-8-13(9-11-16)17(21)12-20-18(15-6-7-15)14-4-2-1-3-5-14/h1-5,8-11,15,17-18,20-21H,6-7,12H2. The van der Waals surface area contributed by atoms with Gasteiger partial charge in [0, 0.05) is 12.6 Å². The third-order valence-electron chi connectivity index (χ3n) is 4.04. The van der Waals surface area contributed by atoms with Gasteiger partial charge in [-0.05, 0) is 42.0 Å². The van der Waals surface area contributed by atoms with Crippen molar-refractivity contribution in [1.29, 1.82) is 0 Å². The van der Waals surface area contributed by atoms with Crippen molar-refractivity contribution in [1.82, 2.24) is 5.32 Å². The van der Waals surface area contributed by atoms with E-state index in [1.54, 1.807) is 12.1 Å². The van der Waals surface area contributed by atoms with Crippen LogP contribution in [0.2, 0.25) is 0 Å². The zero-order chi connectivity index (χ0) is 14.7. The van der Waals surface area contributed by atoms with E-state index in [-0.39, 0.29) is 5.82 Å². The number of hydrogen-bond acceptors (Lipinski definition) is 2. The van der Waals surface area contributed by atoms with Crippen LogP contribution in [0.15, 0.2) is 54.6 Å². The summed E-state index contributed by atoms with van der Waals surface area (Å²) in [6.07, 6.45) is 1.86. The van der Waals surface area contributed by atoms with Crippen LogP contribution in [0, 0.1) is 11.7 Å². The molecule has 21 heavy (non-hydrogen) atoms. The van der Waals surface area contributed by atoms with Gasteiger partial charge in [0.1, 0.15) is 5.82 Å². The molecule has 2 atom stereocenters. The Morgan fingerprint density at radius 3 is 2.29 bits per heavy atom. The highest BCUT2D eigenvalue weighted by Gasteiger charge is 2.32. The van der Waals surface area contributed by atoms with Gasteiger partial charge in [-0.1, -0.05) is 42.5 Å². The minimum atomic E-state index is -0.615. The molecule has 2 nitrogen and oxygen atoms in total. The summed E-state index contributed by atoms with van der Waals surface area (Å²) in [5, 5.41) is 13.7. The molecule has 2 unspecified atom stereocenters. The molecule has 1 aliphatic rings. The second kappa shape index (κ2) is 6.37. The minimum Gasteiger partial charge on any atom is -0.387 e. The highest BCUT2D eigenvalue weighted by Crippen LogP contribution is 2.41. The minimum absolute atomic E-state index is 0.279. The van der Waals surface area contributed by atoms with Gasteiger partial charge in [-0.15, -0.1) is 0 Å². The topological polar surface area (TPSA) is 32.3 Å². The summed E-state index contributed by atoms with van der Waals surface area (Å²) < 4.78 is 12.9. The SMILES string of the molecule is OC(CNC(c1ccccc1)C1CC1)c1ccc(F)cc1. The van der Waals surface area contributed by atoms with Crippen molar-refractivity contribution in [3.8, 4) is 0 Å². The predicted molar refractivity (Wildman–Crippen MR) is 81.3 cm³/mol. The van der Waals surface area contributed by atoms with Crippen LogP contribution in [0.1, 0.15) is 36.1 Å². The zero-order valence-corrected chi connectivity index (χ0v) is 11.9. The van der Waals surface area contributed by atoms with Crippen LogP contribution in [-0.4, -0.2) is 11.7 Å². The van der Waals surface area contributed by atoms with Gasteiger partial charge in [-0.25, -0.2) is 4.39 Å². The highest BCUT2D eigenvalue weighted by molar-refractivity contribution is 5.22. The van der Waals surface area contributed by atoms with Crippen molar-refractivity contribution in [3.63, 3.8) is 0 Å². The Morgan fingerprint density at radius 1 is 1.00 bits per heavy atom. The zero-order valence-electron chi connectivity index (χ0n) is 11.9. The number of aliphatic hydroxyl groups is 1. The molecular weight excluding hydrogens is 265 g/mol. The molecule has 0 bridgehead atoms. The van der Waals surface area contributed by atoms with E-state index in [4.69, 9.17) is 0 Å². The molecule has 0 radical (unpaired) electrons. The van der Waals surface area contributed by atoms with E-state index < -0.39 is 6.10 Å². The van der Waals surface area contributed by atoms with Crippen molar-refractivity contribution in [2.75, 3.05) is 6.54 Å². The second-order valence-corrected chi connectivity index (χ2v) is 5.70. The predicted octanol–water partition coefficient (Wildman–Crippen LogP) is 3.60. The summed E-state index contributed by atoms with van der Waals surface area (Å²) in [5.41, 5.74) is 2.01. The number of nitrogens with one attached hydrogen (secondary N) is 1. The summed E-state index contributed by atoms with van der Waals surface area (Å²) in [6.45, 7) is 0.474. The summed E-state index contributed by atoms with van der Waals surface area (Å²) in [5.74, 6) is 0.381. The Labute approximate surface area is 124 Å². The number of hydrogen-bond donors (Lipinski definition) is 2. The maximum atomic E-state index is 12.9. The molecule has 2 aromatic carbocycles. The van der Waals surface area contributed by atoms with E-state index >= 15 is 0 Å². The lowest BCUT2D eigenvalue weighted by Gasteiger charge is -2.21. The number of benzene rings is 2. The van der Waals surface area contributed by atoms with E-state index in [1.165, 1.54) is 30.5 Å². The van der Waals surface area contributed by atoms with Gasteiger partial charge in [0.25, 0.3) is 0 Å². The van der Waals surface area contributed by atoms with Crippen LogP contribution in [0.5, 0.6) is 0 Å². The third-order valence-corrected chi connectivity index (χ3v) is 4.04. The molecular formula is C18H20FNO. The fourth-order valence-corrected chi connectivity index (χ4v) is 2.69. The Kier molecular flexibility index (Phi) is 4.32. The Bertz CT molecular complexity index is 566. The van der Waals surface area contributed by atoms with E-state index in [1.807, 2.05) is 18.2 Å². The molecule has 0 saturated heterocycles. The first-order valence-corrected chi connectivity index (χ1v) is 7.46. The molecule has 0 aromatic heterocycles. The fraction of sp³-hybridized carbons (Fsp3) is 0.333. The lowest BCUT2D eigenvalue weighted by molar-refractivity contribution is 0.168. The summed E-state index contributed by atoms with van der Waals surface area (Å²) in [7, 11) is 0. The first-order chi connectivity index (χ1) is 10.2. The Morgan fingerprint density at radius 2 is 1.67 bits per heavy atom. The molecule has 0 heterocycles. The molecule has 1 saturated carbocycles. The van der Waals surface area contributed by atoms with Crippen LogP contribution in [0.4, 0.5) is 4.39 Å². The fourth-order valence-electron chi connectivity index (χ4n) is 2.69. The highest BCUT2D eigenvalue weighted by atomic mass is 19.1. The summed E-state index contributed by atoms with van der Waals surface area (Å²) in [4.78, 5) is 0. The van der Waals surface area contributed by atoms with Gasteiger partial charge >= 0.3 is 0 Å². The first kappa shape index (κ1) is 14.2. The number of halogens is 1. The van der Waals surface area contributed by atoms with Crippen molar-refractivity contribution < 1.29 is 9.50 Å². The molecule has 1 aliphatic carbocycles. The molecule has 0 aliphatic heterocycles. The largest absolute Gasteiger partial charge is 0.387 e. The molecule has 110 valence electrons. The van der Waals surface area contributed by atoms with Crippen LogP contribution in [0.25, 0.3) is 0 Å². The molecule has 1 fully saturated rings. The van der Waals surface area contributed by atoms with Gasteiger partial charge in [-0.3, -0.25) is 0 Å². The smallest absolute Gasteiger partial charge is 0.123 e. The molecule has 2 N–H and O–H groups in total. The lowest BCUT2D eigenvalue weighted by atomic mass is 10.0. The molecule has 2 aromatic rings. The van der Waals surface area contributed by atoms with Gasteiger partial charge < -0.3 is 10.4 Å². The van der Waals surface area contributed by atoms with Crippen LogP contribution >= 0.6 is 0 Å². The molecule has 0 amide bonds. The summed E-state index contributed by atoms with van der Waals surface area (Å²) in [6, 6.07) is 16.7. The number of rotatable bonds is 6. The van der Waals surface area contributed by atoms with Crippen molar-refractivity contribution >= 4 is 0 Å².